The highest BCUT2D eigenvalue weighted by Gasteiger charge is 2.14. The topological polar surface area (TPSA) is 49.0 Å². The van der Waals surface area contributed by atoms with Gasteiger partial charge in [0.15, 0.2) is 0 Å². The van der Waals surface area contributed by atoms with E-state index in [1.165, 1.54) is 0 Å². The lowest BCUT2D eigenvalue weighted by atomic mass is 10.0. The molecule has 0 aromatic carbocycles. The van der Waals surface area contributed by atoms with E-state index in [4.69, 9.17) is 10.4 Å². The molecule has 0 aliphatic heterocycles. The van der Waals surface area contributed by atoms with Crippen molar-refractivity contribution in [3.05, 3.63) is 23.0 Å². The van der Waals surface area contributed by atoms with E-state index in [0.29, 0.717) is 18.0 Å². The van der Waals surface area contributed by atoms with E-state index < -0.39 is 0 Å². The lowest BCUT2D eigenvalue weighted by Gasteiger charge is -2.11. The summed E-state index contributed by atoms with van der Waals surface area (Å²) in [4.78, 5) is 0. The van der Waals surface area contributed by atoms with Crippen molar-refractivity contribution in [2.75, 3.05) is 6.61 Å². The maximum absolute atomic E-state index is 8.90. The highest BCUT2D eigenvalue weighted by molar-refractivity contribution is 5.41. The molecule has 0 amide bonds. The zero-order valence-corrected chi connectivity index (χ0v) is 10.9. The van der Waals surface area contributed by atoms with Gasteiger partial charge in [-0.1, -0.05) is 27.7 Å². The van der Waals surface area contributed by atoms with Crippen molar-refractivity contribution in [2.24, 2.45) is 0 Å². The van der Waals surface area contributed by atoms with Crippen LogP contribution in [0.4, 0.5) is 0 Å². The standard InChI is InChI=1S/C11H16N2O.C2H6/c1-8(2)11-9(3)10(6-12)7-13(11)4-5-14;1-2/h7-8,14H,4-5H2,1-3H3;1-2H3. The minimum atomic E-state index is 0.110. The SMILES string of the molecule is CC.Cc1c(C#N)cn(CCO)c1C(C)C. The fourth-order valence-corrected chi connectivity index (χ4v) is 1.85. The first-order valence-electron chi connectivity index (χ1n) is 5.82. The predicted molar refractivity (Wildman–Crippen MR) is 66.4 cm³/mol. The van der Waals surface area contributed by atoms with Crippen LogP contribution in [-0.2, 0) is 6.54 Å². The molecular formula is C13H22N2O. The number of hydrogen-bond donors (Lipinski definition) is 1. The Hall–Kier alpha value is -1.27. The number of nitrogens with zero attached hydrogens (tertiary/aromatic N) is 2. The molecule has 1 N–H and O–H groups in total. The predicted octanol–water partition coefficient (Wildman–Crippen LogP) is 2.81. The summed E-state index contributed by atoms with van der Waals surface area (Å²) in [5.41, 5.74) is 2.90. The number of nitriles is 1. The molecule has 16 heavy (non-hydrogen) atoms. The number of aliphatic hydroxyl groups excluding tert-OH is 1. The Morgan fingerprint density at radius 1 is 1.44 bits per heavy atom. The Morgan fingerprint density at radius 3 is 2.38 bits per heavy atom. The zero-order chi connectivity index (χ0) is 12.7. The fraction of sp³-hybridized carbons (Fsp3) is 0.615. The minimum absolute atomic E-state index is 0.110. The Bertz CT molecular complexity index is 359. The molecule has 0 fully saturated rings. The monoisotopic (exact) mass is 222 g/mol. The van der Waals surface area contributed by atoms with Crippen LogP contribution in [0.1, 0.15) is 50.4 Å². The Labute approximate surface area is 98.3 Å². The normalized spacial score (nSPS) is 9.62. The molecule has 0 unspecified atom stereocenters. The third-order valence-electron chi connectivity index (χ3n) is 2.39. The van der Waals surface area contributed by atoms with Crippen molar-refractivity contribution >= 4 is 0 Å². The van der Waals surface area contributed by atoms with Crippen molar-refractivity contribution in [3.8, 4) is 6.07 Å². The lowest BCUT2D eigenvalue weighted by molar-refractivity contribution is 0.274. The van der Waals surface area contributed by atoms with Gasteiger partial charge >= 0.3 is 0 Å². The number of rotatable bonds is 3. The van der Waals surface area contributed by atoms with Crippen molar-refractivity contribution in [1.29, 1.82) is 5.26 Å². The molecule has 90 valence electrons. The zero-order valence-electron chi connectivity index (χ0n) is 10.9. The van der Waals surface area contributed by atoms with Crippen molar-refractivity contribution in [3.63, 3.8) is 0 Å². The molecule has 1 heterocycles. The summed E-state index contributed by atoms with van der Waals surface area (Å²) in [7, 11) is 0. The highest BCUT2D eigenvalue weighted by atomic mass is 16.3. The molecule has 1 rings (SSSR count). The van der Waals surface area contributed by atoms with Gasteiger partial charge < -0.3 is 9.67 Å². The van der Waals surface area contributed by atoms with Gasteiger partial charge in [0.25, 0.3) is 0 Å². The molecule has 0 bridgehead atoms. The van der Waals surface area contributed by atoms with Gasteiger partial charge in [-0.25, -0.2) is 0 Å². The van der Waals surface area contributed by atoms with Crippen molar-refractivity contribution in [2.45, 2.75) is 47.1 Å². The van der Waals surface area contributed by atoms with Crippen LogP contribution in [0, 0.1) is 18.3 Å². The highest BCUT2D eigenvalue weighted by Crippen LogP contribution is 2.23. The van der Waals surface area contributed by atoms with Crippen molar-refractivity contribution < 1.29 is 5.11 Å². The van der Waals surface area contributed by atoms with Gasteiger partial charge in [-0.2, -0.15) is 5.26 Å². The van der Waals surface area contributed by atoms with Gasteiger partial charge in [-0.15, -0.1) is 0 Å². The molecule has 1 aromatic rings. The summed E-state index contributed by atoms with van der Waals surface area (Å²) in [6.45, 7) is 10.8. The second-order valence-electron chi connectivity index (χ2n) is 3.74. The molecule has 0 atom stereocenters. The van der Waals surface area contributed by atoms with Gasteiger partial charge in [0.2, 0.25) is 0 Å². The number of aromatic nitrogens is 1. The average molecular weight is 222 g/mol. The molecule has 0 radical (unpaired) electrons. The molecular weight excluding hydrogens is 200 g/mol. The van der Waals surface area contributed by atoms with E-state index in [-0.39, 0.29) is 6.61 Å². The molecule has 1 aromatic heterocycles. The second kappa shape index (κ2) is 7.08. The summed E-state index contributed by atoms with van der Waals surface area (Å²) < 4.78 is 1.97. The van der Waals surface area contributed by atoms with Crippen LogP contribution in [0.5, 0.6) is 0 Å². The number of hydrogen-bond acceptors (Lipinski definition) is 2. The van der Waals surface area contributed by atoms with Crippen LogP contribution >= 0.6 is 0 Å². The van der Waals surface area contributed by atoms with Crippen LogP contribution in [-0.4, -0.2) is 16.3 Å². The maximum Gasteiger partial charge on any atom is 0.101 e. The summed E-state index contributed by atoms with van der Waals surface area (Å²) in [5, 5.41) is 17.8. The van der Waals surface area contributed by atoms with E-state index in [2.05, 4.69) is 19.9 Å². The van der Waals surface area contributed by atoms with Crippen LogP contribution in [0.25, 0.3) is 0 Å². The molecule has 0 saturated carbocycles. The lowest BCUT2D eigenvalue weighted by Crippen LogP contribution is -2.07. The first kappa shape index (κ1) is 14.7. The van der Waals surface area contributed by atoms with Crippen LogP contribution < -0.4 is 0 Å². The van der Waals surface area contributed by atoms with Gasteiger partial charge in [-0.05, 0) is 18.4 Å². The summed E-state index contributed by atoms with van der Waals surface area (Å²) in [6.07, 6.45) is 1.82. The molecule has 3 nitrogen and oxygen atoms in total. The largest absolute Gasteiger partial charge is 0.395 e. The van der Waals surface area contributed by atoms with Crippen LogP contribution in [0.3, 0.4) is 0 Å². The van der Waals surface area contributed by atoms with E-state index in [1.807, 2.05) is 31.5 Å². The molecule has 0 aliphatic carbocycles. The average Bonchev–Trinajstić information content (AvgIpc) is 2.58. The molecule has 3 heteroatoms. The third-order valence-corrected chi connectivity index (χ3v) is 2.39. The van der Waals surface area contributed by atoms with Gasteiger partial charge in [0.05, 0.1) is 12.2 Å². The Morgan fingerprint density at radius 2 is 2.00 bits per heavy atom. The summed E-state index contributed by atoms with van der Waals surface area (Å²) >= 11 is 0. The maximum atomic E-state index is 8.90. The second-order valence-corrected chi connectivity index (χ2v) is 3.74. The van der Waals surface area contributed by atoms with E-state index in [9.17, 15) is 0 Å². The third kappa shape index (κ3) is 3.11. The van der Waals surface area contributed by atoms with Gasteiger partial charge in [-0.3, -0.25) is 0 Å². The summed E-state index contributed by atoms with van der Waals surface area (Å²) in [6, 6.07) is 2.17. The van der Waals surface area contributed by atoms with E-state index >= 15 is 0 Å². The quantitative estimate of drug-likeness (QED) is 0.855. The number of aliphatic hydroxyl groups is 1. The Kier molecular flexibility index (Phi) is 6.52. The molecule has 0 aliphatic rings. The van der Waals surface area contributed by atoms with E-state index in [1.54, 1.807) is 0 Å². The van der Waals surface area contributed by atoms with Crippen molar-refractivity contribution in [1.82, 2.24) is 4.57 Å². The van der Waals surface area contributed by atoms with Crippen LogP contribution in [0.2, 0.25) is 0 Å². The van der Waals surface area contributed by atoms with Gasteiger partial charge in [0.1, 0.15) is 6.07 Å². The van der Waals surface area contributed by atoms with Gasteiger partial charge in [0, 0.05) is 18.4 Å². The molecule has 0 saturated heterocycles. The smallest absolute Gasteiger partial charge is 0.101 e. The minimum Gasteiger partial charge on any atom is -0.395 e. The van der Waals surface area contributed by atoms with Crippen LogP contribution in [0.15, 0.2) is 6.20 Å². The Balaban J connectivity index is 0.00000106. The van der Waals surface area contributed by atoms with E-state index in [0.717, 1.165) is 11.3 Å². The molecule has 0 spiro atoms. The first-order chi connectivity index (χ1) is 7.61. The fourth-order valence-electron chi connectivity index (χ4n) is 1.85. The first-order valence-corrected chi connectivity index (χ1v) is 5.82. The summed E-state index contributed by atoms with van der Waals surface area (Å²) in [5.74, 6) is 0.378.